The van der Waals surface area contributed by atoms with E-state index in [0.717, 1.165) is 43.5 Å². The average molecular weight is 237 g/mol. The number of nitrogens with zero attached hydrogens (tertiary/aromatic N) is 3. The second-order valence-electron chi connectivity index (χ2n) is 4.11. The molecule has 0 saturated heterocycles. The second-order valence-corrected chi connectivity index (χ2v) is 4.11. The second kappa shape index (κ2) is 7.06. The molecule has 5 heteroatoms. The van der Waals surface area contributed by atoms with Crippen molar-refractivity contribution in [2.45, 2.75) is 20.3 Å². The van der Waals surface area contributed by atoms with E-state index in [1.54, 1.807) is 0 Å². The molecule has 1 aromatic rings. The minimum absolute atomic E-state index is 0.803. The number of hydrogen-bond donors (Lipinski definition) is 2. The molecule has 96 valence electrons. The average Bonchev–Trinajstić information content (AvgIpc) is 2.29. The maximum Gasteiger partial charge on any atom is 0.134 e. The Kier molecular flexibility index (Phi) is 5.69. The zero-order valence-electron chi connectivity index (χ0n) is 11.2. The molecule has 0 aromatic carbocycles. The number of hydrogen-bond acceptors (Lipinski definition) is 5. The van der Waals surface area contributed by atoms with Crippen molar-refractivity contribution in [2.24, 2.45) is 0 Å². The van der Waals surface area contributed by atoms with Gasteiger partial charge in [-0.25, -0.2) is 9.97 Å². The van der Waals surface area contributed by atoms with Crippen LogP contribution in [0.25, 0.3) is 0 Å². The third kappa shape index (κ3) is 4.56. The number of nitrogens with one attached hydrogen (secondary N) is 2. The van der Waals surface area contributed by atoms with Crippen molar-refractivity contribution in [1.82, 2.24) is 15.3 Å². The maximum atomic E-state index is 4.44. The molecule has 0 atom stereocenters. The molecule has 17 heavy (non-hydrogen) atoms. The van der Waals surface area contributed by atoms with E-state index in [-0.39, 0.29) is 0 Å². The van der Waals surface area contributed by atoms with E-state index in [2.05, 4.69) is 39.5 Å². The Labute approximate surface area is 104 Å². The highest BCUT2D eigenvalue weighted by atomic mass is 15.2. The van der Waals surface area contributed by atoms with Crippen LogP contribution >= 0.6 is 0 Å². The van der Waals surface area contributed by atoms with E-state index in [1.165, 1.54) is 0 Å². The first-order chi connectivity index (χ1) is 8.17. The molecule has 5 nitrogen and oxygen atoms in total. The fraction of sp³-hybridized carbons (Fsp3) is 0.667. The molecule has 0 aliphatic heterocycles. The predicted molar refractivity (Wildman–Crippen MR) is 72.7 cm³/mol. The van der Waals surface area contributed by atoms with Crippen LogP contribution in [0.3, 0.4) is 0 Å². The van der Waals surface area contributed by atoms with E-state index in [1.807, 2.05) is 20.0 Å². The van der Waals surface area contributed by atoms with Gasteiger partial charge in [0.25, 0.3) is 0 Å². The zero-order valence-corrected chi connectivity index (χ0v) is 11.2. The van der Waals surface area contributed by atoms with Crippen molar-refractivity contribution in [3.8, 4) is 0 Å². The lowest BCUT2D eigenvalue weighted by molar-refractivity contribution is 0.813. The van der Waals surface area contributed by atoms with Crippen LogP contribution in [0, 0.1) is 6.92 Å². The van der Waals surface area contributed by atoms with E-state index < -0.39 is 0 Å². The summed E-state index contributed by atoms with van der Waals surface area (Å²) in [5.74, 6) is 2.68. The van der Waals surface area contributed by atoms with Crippen LogP contribution in [0.15, 0.2) is 6.07 Å². The first-order valence-electron chi connectivity index (χ1n) is 6.12. The lowest BCUT2D eigenvalue weighted by Crippen LogP contribution is -2.21. The minimum atomic E-state index is 0.803. The van der Waals surface area contributed by atoms with Crippen molar-refractivity contribution >= 4 is 11.6 Å². The lowest BCUT2D eigenvalue weighted by atomic mass is 10.4. The molecule has 1 heterocycles. The largest absolute Gasteiger partial charge is 0.369 e. The fourth-order valence-electron chi connectivity index (χ4n) is 1.60. The zero-order chi connectivity index (χ0) is 12.7. The van der Waals surface area contributed by atoms with Gasteiger partial charge in [-0.3, -0.25) is 0 Å². The molecular weight excluding hydrogens is 214 g/mol. The molecule has 0 fully saturated rings. The summed E-state index contributed by atoms with van der Waals surface area (Å²) >= 11 is 0. The van der Waals surface area contributed by atoms with Crippen LogP contribution in [0.4, 0.5) is 11.6 Å². The third-order valence-corrected chi connectivity index (χ3v) is 2.46. The third-order valence-electron chi connectivity index (χ3n) is 2.46. The van der Waals surface area contributed by atoms with Gasteiger partial charge in [-0.15, -0.1) is 0 Å². The molecule has 2 N–H and O–H groups in total. The number of aromatic nitrogens is 2. The molecule has 0 unspecified atom stereocenters. The van der Waals surface area contributed by atoms with Gasteiger partial charge in [0, 0.05) is 32.7 Å². The number of aryl methyl sites for hydroxylation is 1. The number of anilines is 2. The van der Waals surface area contributed by atoms with Crippen LogP contribution in [-0.4, -0.2) is 43.7 Å². The van der Waals surface area contributed by atoms with E-state index in [4.69, 9.17) is 0 Å². The summed E-state index contributed by atoms with van der Waals surface area (Å²) in [5.41, 5.74) is 0. The first-order valence-corrected chi connectivity index (χ1v) is 6.12. The van der Waals surface area contributed by atoms with Gasteiger partial charge < -0.3 is 15.5 Å². The standard InChI is InChI=1S/C12H23N5/c1-5-8-17(4)12-9-11(14-7-6-13-3)15-10(2)16-12/h9,13H,5-8H2,1-4H3,(H,14,15,16). The van der Waals surface area contributed by atoms with Gasteiger partial charge >= 0.3 is 0 Å². The van der Waals surface area contributed by atoms with Crippen molar-refractivity contribution in [3.63, 3.8) is 0 Å². The van der Waals surface area contributed by atoms with Crippen molar-refractivity contribution in [2.75, 3.05) is 43.9 Å². The van der Waals surface area contributed by atoms with E-state index in [9.17, 15) is 0 Å². The van der Waals surface area contributed by atoms with Crippen molar-refractivity contribution in [1.29, 1.82) is 0 Å². The quantitative estimate of drug-likeness (QED) is 0.699. The summed E-state index contributed by atoms with van der Waals surface area (Å²) in [6, 6.07) is 2.00. The fourth-order valence-corrected chi connectivity index (χ4v) is 1.60. The highest BCUT2D eigenvalue weighted by molar-refractivity contribution is 5.48. The maximum absolute atomic E-state index is 4.44. The Morgan fingerprint density at radius 3 is 2.71 bits per heavy atom. The predicted octanol–water partition coefficient (Wildman–Crippen LogP) is 1.26. The van der Waals surface area contributed by atoms with Crippen LogP contribution in [0.5, 0.6) is 0 Å². The highest BCUT2D eigenvalue weighted by Gasteiger charge is 2.05. The summed E-state index contributed by atoms with van der Waals surface area (Å²) in [6.45, 7) is 6.88. The molecule has 0 radical (unpaired) electrons. The van der Waals surface area contributed by atoms with Crippen molar-refractivity contribution < 1.29 is 0 Å². The Hall–Kier alpha value is -1.36. The van der Waals surface area contributed by atoms with Gasteiger partial charge in [-0.2, -0.15) is 0 Å². The Morgan fingerprint density at radius 1 is 1.29 bits per heavy atom. The van der Waals surface area contributed by atoms with Gasteiger partial charge in [0.15, 0.2) is 0 Å². The number of likely N-dealkylation sites (N-methyl/N-ethyl adjacent to an activating group) is 1. The molecule has 1 rings (SSSR count). The normalized spacial score (nSPS) is 10.4. The molecule has 0 saturated carbocycles. The van der Waals surface area contributed by atoms with Crippen LogP contribution < -0.4 is 15.5 Å². The number of rotatable bonds is 7. The van der Waals surface area contributed by atoms with Crippen LogP contribution in [0.2, 0.25) is 0 Å². The van der Waals surface area contributed by atoms with Crippen LogP contribution in [-0.2, 0) is 0 Å². The van der Waals surface area contributed by atoms with Crippen LogP contribution in [0.1, 0.15) is 19.2 Å². The summed E-state index contributed by atoms with van der Waals surface area (Å²) < 4.78 is 0. The molecule has 0 spiro atoms. The lowest BCUT2D eigenvalue weighted by Gasteiger charge is -2.18. The smallest absolute Gasteiger partial charge is 0.134 e. The van der Waals surface area contributed by atoms with Gasteiger partial charge in [0.1, 0.15) is 17.5 Å². The molecule has 0 bridgehead atoms. The SMILES string of the molecule is CCCN(C)c1cc(NCCNC)nc(C)n1. The molecule has 0 amide bonds. The van der Waals surface area contributed by atoms with Gasteiger partial charge in [-0.05, 0) is 20.4 Å². The summed E-state index contributed by atoms with van der Waals surface area (Å²) in [5, 5.41) is 6.38. The van der Waals surface area contributed by atoms with Crippen molar-refractivity contribution in [3.05, 3.63) is 11.9 Å². The van der Waals surface area contributed by atoms with Gasteiger partial charge in [0.2, 0.25) is 0 Å². The molecule has 1 aromatic heterocycles. The topological polar surface area (TPSA) is 53.1 Å². The van der Waals surface area contributed by atoms with Gasteiger partial charge in [-0.1, -0.05) is 6.92 Å². The van der Waals surface area contributed by atoms with Gasteiger partial charge in [0.05, 0.1) is 0 Å². The monoisotopic (exact) mass is 237 g/mol. The van der Waals surface area contributed by atoms with E-state index >= 15 is 0 Å². The molecule has 0 aliphatic rings. The highest BCUT2D eigenvalue weighted by Crippen LogP contribution is 2.14. The summed E-state index contributed by atoms with van der Waals surface area (Å²) in [4.78, 5) is 11.0. The molecule has 0 aliphatic carbocycles. The first kappa shape index (κ1) is 13.7. The summed E-state index contributed by atoms with van der Waals surface area (Å²) in [7, 11) is 4.00. The Bertz CT molecular complexity index is 340. The summed E-state index contributed by atoms with van der Waals surface area (Å²) in [6.07, 6.45) is 1.11. The van der Waals surface area contributed by atoms with E-state index in [0.29, 0.717) is 0 Å². The Balaban J connectivity index is 2.71. The molecular formula is C12H23N5. The Morgan fingerprint density at radius 2 is 2.06 bits per heavy atom. The minimum Gasteiger partial charge on any atom is -0.369 e.